The van der Waals surface area contributed by atoms with Gasteiger partial charge in [0.15, 0.2) is 17.8 Å². The Morgan fingerprint density at radius 1 is 1.38 bits per heavy atom. The maximum absolute atomic E-state index is 11.2. The van der Waals surface area contributed by atoms with Crippen LogP contribution in [0.15, 0.2) is 30.4 Å². The first-order chi connectivity index (χ1) is 10.2. The monoisotopic (exact) mass is 288 g/mol. The number of benzene rings is 1. The number of ether oxygens (including phenoxy) is 3. The summed E-state index contributed by atoms with van der Waals surface area (Å²) in [6, 6.07) is 5.39. The van der Waals surface area contributed by atoms with Crippen molar-refractivity contribution < 1.29 is 19.0 Å². The van der Waals surface area contributed by atoms with E-state index in [-0.39, 0.29) is 18.3 Å². The maximum atomic E-state index is 11.2. The van der Waals surface area contributed by atoms with E-state index in [4.69, 9.17) is 14.2 Å². The average molecular weight is 288 g/mol. The van der Waals surface area contributed by atoms with E-state index in [1.165, 1.54) is 0 Å². The minimum absolute atomic E-state index is 0.0118. The molecule has 0 radical (unpaired) electrons. The molecule has 0 aliphatic carbocycles. The number of fused-ring (bicyclic) bond motifs is 2. The molecule has 1 fully saturated rings. The highest BCUT2D eigenvalue weighted by Gasteiger charge is 2.37. The molecule has 2 bridgehead atoms. The van der Waals surface area contributed by atoms with Crippen molar-refractivity contribution >= 4 is 6.29 Å². The summed E-state index contributed by atoms with van der Waals surface area (Å²) in [5, 5.41) is 0. The molecule has 3 unspecified atom stereocenters. The van der Waals surface area contributed by atoms with Gasteiger partial charge in [0.25, 0.3) is 0 Å². The Morgan fingerprint density at radius 3 is 2.86 bits per heavy atom. The molecule has 3 rings (SSSR count). The molecule has 0 amide bonds. The summed E-state index contributed by atoms with van der Waals surface area (Å²) >= 11 is 0. The number of hydrogen-bond acceptors (Lipinski definition) is 4. The van der Waals surface area contributed by atoms with Gasteiger partial charge in [0, 0.05) is 5.92 Å². The van der Waals surface area contributed by atoms with E-state index < -0.39 is 0 Å². The molecule has 4 heteroatoms. The van der Waals surface area contributed by atoms with Gasteiger partial charge in [-0.1, -0.05) is 18.2 Å². The van der Waals surface area contributed by atoms with Crippen LogP contribution in [0.4, 0.5) is 0 Å². The Morgan fingerprint density at radius 2 is 2.24 bits per heavy atom. The zero-order valence-corrected chi connectivity index (χ0v) is 12.3. The van der Waals surface area contributed by atoms with Gasteiger partial charge in [-0.25, -0.2) is 0 Å². The van der Waals surface area contributed by atoms with E-state index in [2.05, 4.69) is 12.2 Å². The number of aldehydes is 1. The molecular formula is C17H20O4. The molecule has 1 saturated heterocycles. The fourth-order valence-electron chi connectivity index (χ4n) is 2.82. The molecule has 2 heterocycles. The SMILES string of the molecule is CC(C)Oc1c(C=O)cccc1OCC1CC2C=CC1O2. The number of carbonyl (C=O) groups excluding carboxylic acids is 1. The highest BCUT2D eigenvalue weighted by Crippen LogP contribution is 2.36. The summed E-state index contributed by atoms with van der Waals surface area (Å²) in [6.45, 7) is 4.43. The van der Waals surface area contributed by atoms with Crippen LogP contribution in [-0.4, -0.2) is 31.2 Å². The molecule has 0 spiro atoms. The molecule has 4 nitrogen and oxygen atoms in total. The second-order valence-corrected chi connectivity index (χ2v) is 5.79. The van der Waals surface area contributed by atoms with Crippen LogP contribution in [0.5, 0.6) is 11.5 Å². The van der Waals surface area contributed by atoms with E-state index in [9.17, 15) is 4.79 Å². The summed E-state index contributed by atoms with van der Waals surface area (Å²) in [5.41, 5.74) is 0.519. The van der Waals surface area contributed by atoms with Crippen molar-refractivity contribution in [3.05, 3.63) is 35.9 Å². The fraction of sp³-hybridized carbons (Fsp3) is 0.471. The van der Waals surface area contributed by atoms with Crippen molar-refractivity contribution in [3.8, 4) is 11.5 Å². The quantitative estimate of drug-likeness (QED) is 0.596. The Balaban J connectivity index is 1.72. The van der Waals surface area contributed by atoms with Crippen molar-refractivity contribution in [2.45, 2.75) is 38.6 Å². The minimum Gasteiger partial charge on any atom is -0.489 e. The van der Waals surface area contributed by atoms with Crippen LogP contribution >= 0.6 is 0 Å². The van der Waals surface area contributed by atoms with Crippen LogP contribution in [-0.2, 0) is 4.74 Å². The minimum atomic E-state index is -0.0118. The smallest absolute Gasteiger partial charge is 0.172 e. The Labute approximate surface area is 124 Å². The van der Waals surface area contributed by atoms with E-state index in [0.717, 1.165) is 12.7 Å². The average Bonchev–Trinajstić information content (AvgIpc) is 3.08. The number of carbonyl (C=O) groups is 1. The van der Waals surface area contributed by atoms with E-state index in [0.29, 0.717) is 29.6 Å². The van der Waals surface area contributed by atoms with Crippen molar-refractivity contribution in [2.24, 2.45) is 5.92 Å². The summed E-state index contributed by atoms with van der Waals surface area (Å²) in [5.74, 6) is 1.52. The molecule has 1 aromatic rings. The molecule has 2 aliphatic heterocycles. The third-order valence-electron chi connectivity index (χ3n) is 3.79. The predicted octanol–water partition coefficient (Wildman–Crippen LogP) is 3.01. The first-order valence-electron chi connectivity index (χ1n) is 7.39. The van der Waals surface area contributed by atoms with Gasteiger partial charge in [0.05, 0.1) is 30.5 Å². The third kappa shape index (κ3) is 2.95. The normalized spacial score (nSPS) is 26.3. The molecule has 2 aliphatic rings. The lowest BCUT2D eigenvalue weighted by Gasteiger charge is -2.20. The molecule has 0 aromatic heterocycles. The van der Waals surface area contributed by atoms with Crippen molar-refractivity contribution in [3.63, 3.8) is 0 Å². The zero-order valence-electron chi connectivity index (χ0n) is 12.3. The van der Waals surface area contributed by atoms with E-state index in [1.54, 1.807) is 6.07 Å². The summed E-state index contributed by atoms with van der Waals surface area (Å²) < 4.78 is 17.4. The summed E-state index contributed by atoms with van der Waals surface area (Å²) in [7, 11) is 0. The van der Waals surface area contributed by atoms with Gasteiger partial charge < -0.3 is 14.2 Å². The molecule has 0 saturated carbocycles. The van der Waals surface area contributed by atoms with E-state index >= 15 is 0 Å². The van der Waals surface area contributed by atoms with Crippen molar-refractivity contribution in [1.82, 2.24) is 0 Å². The Bertz CT molecular complexity index is 550. The molecule has 1 aromatic carbocycles. The lowest BCUT2D eigenvalue weighted by molar-refractivity contribution is 0.0969. The van der Waals surface area contributed by atoms with Crippen molar-refractivity contribution in [2.75, 3.05) is 6.61 Å². The molecule has 21 heavy (non-hydrogen) atoms. The van der Waals surface area contributed by atoms with Crippen LogP contribution in [0.1, 0.15) is 30.6 Å². The first-order valence-corrected chi connectivity index (χ1v) is 7.39. The largest absolute Gasteiger partial charge is 0.489 e. The molecule has 3 atom stereocenters. The van der Waals surface area contributed by atoms with Crippen LogP contribution in [0, 0.1) is 5.92 Å². The van der Waals surface area contributed by atoms with Crippen LogP contribution in [0.3, 0.4) is 0 Å². The second kappa shape index (κ2) is 5.90. The fourth-order valence-corrected chi connectivity index (χ4v) is 2.82. The van der Waals surface area contributed by atoms with Gasteiger partial charge in [-0.05, 0) is 32.4 Å². The Hall–Kier alpha value is -1.81. The number of rotatable bonds is 6. The zero-order chi connectivity index (χ0) is 14.8. The topological polar surface area (TPSA) is 44.8 Å². The van der Waals surface area contributed by atoms with Crippen molar-refractivity contribution in [1.29, 1.82) is 0 Å². The van der Waals surface area contributed by atoms with Gasteiger partial charge in [-0.3, -0.25) is 4.79 Å². The standard InChI is InChI=1S/C17H20O4/c1-11(2)20-17-12(9-18)4-3-5-16(17)19-10-13-8-14-6-7-15(13)21-14/h3-7,9,11,13-15H,8,10H2,1-2H3. The second-order valence-electron chi connectivity index (χ2n) is 5.79. The van der Waals surface area contributed by atoms with Crippen LogP contribution in [0.2, 0.25) is 0 Å². The van der Waals surface area contributed by atoms with Gasteiger partial charge in [-0.2, -0.15) is 0 Å². The third-order valence-corrected chi connectivity index (χ3v) is 3.79. The van der Waals surface area contributed by atoms with Gasteiger partial charge in [0.2, 0.25) is 0 Å². The lowest BCUT2D eigenvalue weighted by Crippen LogP contribution is -2.21. The van der Waals surface area contributed by atoms with Crippen LogP contribution in [0.25, 0.3) is 0 Å². The van der Waals surface area contributed by atoms with Gasteiger partial charge in [0.1, 0.15) is 0 Å². The van der Waals surface area contributed by atoms with E-state index in [1.807, 2.05) is 26.0 Å². The highest BCUT2D eigenvalue weighted by molar-refractivity contribution is 5.81. The molecule has 0 N–H and O–H groups in total. The molecular weight excluding hydrogens is 268 g/mol. The number of hydrogen-bond donors (Lipinski definition) is 0. The number of para-hydroxylation sites is 1. The molecule has 112 valence electrons. The predicted molar refractivity (Wildman–Crippen MR) is 79.0 cm³/mol. The highest BCUT2D eigenvalue weighted by atomic mass is 16.5. The first kappa shape index (κ1) is 14.1. The lowest BCUT2D eigenvalue weighted by atomic mass is 9.95. The van der Waals surface area contributed by atoms with Gasteiger partial charge in [-0.15, -0.1) is 0 Å². The summed E-state index contributed by atoms with van der Waals surface area (Å²) in [4.78, 5) is 11.2. The van der Waals surface area contributed by atoms with Crippen LogP contribution < -0.4 is 9.47 Å². The Kier molecular flexibility index (Phi) is 3.97. The maximum Gasteiger partial charge on any atom is 0.172 e. The van der Waals surface area contributed by atoms with Gasteiger partial charge >= 0.3 is 0 Å². The summed E-state index contributed by atoms with van der Waals surface area (Å²) in [6.07, 6.45) is 6.41.